The highest BCUT2D eigenvalue weighted by molar-refractivity contribution is 5.77. The number of benzene rings is 1. The zero-order valence-electron chi connectivity index (χ0n) is 13.4. The summed E-state index contributed by atoms with van der Waals surface area (Å²) in [6, 6.07) is 8.13. The Morgan fingerprint density at radius 2 is 2.00 bits per heavy atom. The fraction of sp³-hybridized carbons (Fsp3) is 0.412. The number of aryl methyl sites for hydroxylation is 2. The molecule has 1 aromatic heterocycles. The highest BCUT2D eigenvalue weighted by Gasteiger charge is 2.06. The average Bonchev–Trinajstić information content (AvgIpc) is 2.92. The van der Waals surface area contributed by atoms with Gasteiger partial charge < -0.3 is 14.6 Å². The van der Waals surface area contributed by atoms with Gasteiger partial charge in [-0.15, -0.1) is 0 Å². The number of nitrogens with one attached hydrogen (secondary N) is 1. The normalized spacial score (nSPS) is 10.7. The summed E-state index contributed by atoms with van der Waals surface area (Å²) in [5, 5.41) is 2.84. The summed E-state index contributed by atoms with van der Waals surface area (Å²) in [6.45, 7) is 7.14. The van der Waals surface area contributed by atoms with Gasteiger partial charge in [0.25, 0.3) is 0 Å². The standard InChI is InChI=1S/C17H23N3O2/c1-4-16-19-13(3)11-20(16)15-8-6-14(7-9-15)10-18-17(21)12-22-5-2/h6-9,11H,4-5,10,12H2,1-3H3,(H,18,21). The highest BCUT2D eigenvalue weighted by Crippen LogP contribution is 2.14. The van der Waals surface area contributed by atoms with Crippen molar-refractivity contribution in [3.63, 3.8) is 0 Å². The molecule has 0 aliphatic rings. The molecule has 5 heteroatoms. The molecule has 22 heavy (non-hydrogen) atoms. The van der Waals surface area contributed by atoms with Gasteiger partial charge in [0.15, 0.2) is 0 Å². The van der Waals surface area contributed by atoms with Crippen LogP contribution in [0.25, 0.3) is 5.69 Å². The summed E-state index contributed by atoms with van der Waals surface area (Å²) in [7, 11) is 0. The number of hydrogen-bond acceptors (Lipinski definition) is 3. The molecule has 0 radical (unpaired) electrons. The van der Waals surface area contributed by atoms with Crippen LogP contribution in [0.2, 0.25) is 0 Å². The fourth-order valence-corrected chi connectivity index (χ4v) is 2.24. The van der Waals surface area contributed by atoms with Crippen LogP contribution >= 0.6 is 0 Å². The van der Waals surface area contributed by atoms with Crippen molar-refractivity contribution in [1.29, 1.82) is 0 Å². The van der Waals surface area contributed by atoms with Crippen LogP contribution in [0.1, 0.15) is 30.9 Å². The van der Waals surface area contributed by atoms with Crippen molar-refractivity contribution in [2.75, 3.05) is 13.2 Å². The molecule has 0 aliphatic heterocycles. The van der Waals surface area contributed by atoms with E-state index in [0.29, 0.717) is 13.2 Å². The number of aromatic nitrogens is 2. The Hall–Kier alpha value is -2.14. The summed E-state index contributed by atoms with van der Waals surface area (Å²) in [6.07, 6.45) is 2.93. The van der Waals surface area contributed by atoms with Gasteiger partial charge in [0.1, 0.15) is 12.4 Å². The molecule has 1 aromatic carbocycles. The second kappa shape index (κ2) is 7.75. The van der Waals surface area contributed by atoms with E-state index in [9.17, 15) is 4.79 Å². The Bertz CT molecular complexity index is 617. The summed E-state index contributed by atoms with van der Waals surface area (Å²) in [5.74, 6) is 0.958. The topological polar surface area (TPSA) is 56.1 Å². The molecule has 0 aliphatic carbocycles. The van der Waals surface area contributed by atoms with Crippen LogP contribution in [-0.2, 0) is 22.5 Å². The van der Waals surface area contributed by atoms with E-state index in [-0.39, 0.29) is 12.5 Å². The Morgan fingerprint density at radius 3 is 2.64 bits per heavy atom. The van der Waals surface area contributed by atoms with E-state index in [1.54, 1.807) is 0 Å². The van der Waals surface area contributed by atoms with Gasteiger partial charge in [-0.2, -0.15) is 0 Å². The van der Waals surface area contributed by atoms with Crippen molar-refractivity contribution in [3.8, 4) is 5.69 Å². The van der Waals surface area contributed by atoms with E-state index < -0.39 is 0 Å². The molecule has 118 valence electrons. The zero-order chi connectivity index (χ0) is 15.9. The number of ether oxygens (including phenoxy) is 1. The monoisotopic (exact) mass is 301 g/mol. The van der Waals surface area contributed by atoms with Crippen molar-refractivity contribution in [2.45, 2.75) is 33.7 Å². The largest absolute Gasteiger partial charge is 0.372 e. The van der Waals surface area contributed by atoms with Crippen LogP contribution in [0, 0.1) is 6.92 Å². The first kappa shape index (κ1) is 16.2. The second-order valence-electron chi connectivity index (χ2n) is 5.10. The van der Waals surface area contributed by atoms with Crippen molar-refractivity contribution in [1.82, 2.24) is 14.9 Å². The Morgan fingerprint density at radius 1 is 1.27 bits per heavy atom. The Kier molecular flexibility index (Phi) is 5.72. The molecule has 0 atom stereocenters. The average molecular weight is 301 g/mol. The molecule has 0 bridgehead atoms. The van der Waals surface area contributed by atoms with Crippen LogP contribution in [0.4, 0.5) is 0 Å². The first-order valence-corrected chi connectivity index (χ1v) is 7.62. The third-order valence-corrected chi connectivity index (χ3v) is 3.36. The van der Waals surface area contributed by atoms with Crippen LogP contribution in [0.3, 0.4) is 0 Å². The molecule has 2 aromatic rings. The molecular weight excluding hydrogens is 278 g/mol. The maximum atomic E-state index is 11.5. The molecule has 2 rings (SSSR count). The first-order chi connectivity index (χ1) is 10.6. The maximum Gasteiger partial charge on any atom is 0.246 e. The Labute approximate surface area is 131 Å². The zero-order valence-corrected chi connectivity index (χ0v) is 13.4. The van der Waals surface area contributed by atoms with Crippen LogP contribution < -0.4 is 5.32 Å². The predicted octanol–water partition coefficient (Wildman–Crippen LogP) is 2.40. The third kappa shape index (κ3) is 4.18. The number of imidazole rings is 1. The lowest BCUT2D eigenvalue weighted by atomic mass is 10.2. The lowest BCUT2D eigenvalue weighted by Crippen LogP contribution is -2.27. The molecule has 1 N–H and O–H groups in total. The van der Waals surface area contributed by atoms with E-state index in [2.05, 4.69) is 21.8 Å². The van der Waals surface area contributed by atoms with E-state index in [1.165, 1.54) is 0 Å². The van der Waals surface area contributed by atoms with E-state index >= 15 is 0 Å². The number of carbonyl (C=O) groups is 1. The van der Waals surface area contributed by atoms with Gasteiger partial charge >= 0.3 is 0 Å². The van der Waals surface area contributed by atoms with Gasteiger partial charge in [-0.1, -0.05) is 19.1 Å². The van der Waals surface area contributed by atoms with E-state index in [0.717, 1.165) is 29.2 Å². The number of amides is 1. The molecule has 0 spiro atoms. The quantitative estimate of drug-likeness (QED) is 0.854. The lowest BCUT2D eigenvalue weighted by Gasteiger charge is -2.09. The number of hydrogen-bond donors (Lipinski definition) is 1. The summed E-state index contributed by atoms with van der Waals surface area (Å²) < 4.78 is 7.17. The van der Waals surface area contributed by atoms with Gasteiger partial charge in [0, 0.05) is 31.5 Å². The van der Waals surface area contributed by atoms with Gasteiger partial charge in [-0.25, -0.2) is 4.98 Å². The lowest BCUT2D eigenvalue weighted by molar-refractivity contribution is -0.125. The molecule has 1 heterocycles. The minimum atomic E-state index is -0.0931. The van der Waals surface area contributed by atoms with E-state index in [4.69, 9.17) is 4.74 Å². The second-order valence-corrected chi connectivity index (χ2v) is 5.10. The molecule has 0 saturated heterocycles. The van der Waals surface area contributed by atoms with E-state index in [1.807, 2.05) is 44.3 Å². The fourth-order valence-electron chi connectivity index (χ4n) is 2.24. The smallest absolute Gasteiger partial charge is 0.246 e. The molecular formula is C17H23N3O2. The van der Waals surface area contributed by atoms with Gasteiger partial charge in [0.2, 0.25) is 5.91 Å². The van der Waals surface area contributed by atoms with Crippen molar-refractivity contribution in [3.05, 3.63) is 47.5 Å². The van der Waals surface area contributed by atoms with Crippen molar-refractivity contribution in [2.24, 2.45) is 0 Å². The first-order valence-electron chi connectivity index (χ1n) is 7.62. The van der Waals surface area contributed by atoms with Crippen LogP contribution in [0.5, 0.6) is 0 Å². The molecule has 1 amide bonds. The van der Waals surface area contributed by atoms with Gasteiger partial charge in [0.05, 0.1) is 5.69 Å². The predicted molar refractivity (Wildman–Crippen MR) is 86.0 cm³/mol. The van der Waals surface area contributed by atoms with Gasteiger partial charge in [-0.3, -0.25) is 4.79 Å². The number of carbonyl (C=O) groups excluding carboxylic acids is 1. The summed E-state index contributed by atoms with van der Waals surface area (Å²) in [4.78, 5) is 16.0. The highest BCUT2D eigenvalue weighted by atomic mass is 16.5. The minimum Gasteiger partial charge on any atom is -0.372 e. The molecule has 5 nitrogen and oxygen atoms in total. The number of rotatable bonds is 7. The Balaban J connectivity index is 1.99. The summed E-state index contributed by atoms with van der Waals surface area (Å²) >= 11 is 0. The maximum absolute atomic E-state index is 11.5. The molecule has 0 unspecified atom stereocenters. The minimum absolute atomic E-state index is 0.0931. The third-order valence-electron chi connectivity index (χ3n) is 3.36. The summed E-state index contributed by atoms with van der Waals surface area (Å²) in [5.41, 5.74) is 3.16. The van der Waals surface area contributed by atoms with Crippen molar-refractivity contribution < 1.29 is 9.53 Å². The van der Waals surface area contributed by atoms with Crippen molar-refractivity contribution >= 4 is 5.91 Å². The van der Waals surface area contributed by atoms with Crippen LogP contribution in [-0.4, -0.2) is 28.7 Å². The number of nitrogens with zero attached hydrogens (tertiary/aromatic N) is 2. The molecule has 0 saturated carbocycles. The van der Waals surface area contributed by atoms with Crippen LogP contribution in [0.15, 0.2) is 30.5 Å². The SMILES string of the molecule is CCOCC(=O)NCc1ccc(-n2cc(C)nc2CC)cc1. The van der Waals surface area contributed by atoms with Gasteiger partial charge in [-0.05, 0) is 31.5 Å². The molecule has 0 fully saturated rings.